The SMILES string of the molecule is CCOC(C)Oc1ccc(C(C)(CCC(=O)OC(C)(C)C)c2ccc(OC(C)OCC)cc2)cc1. The number of hydrogen-bond acceptors (Lipinski definition) is 6. The van der Waals surface area contributed by atoms with Crippen molar-refractivity contribution in [3.05, 3.63) is 59.7 Å². The summed E-state index contributed by atoms with van der Waals surface area (Å²) < 4.78 is 28.2. The van der Waals surface area contributed by atoms with Gasteiger partial charge in [-0.3, -0.25) is 4.79 Å². The van der Waals surface area contributed by atoms with Gasteiger partial charge in [0.05, 0.1) is 0 Å². The maximum atomic E-state index is 12.6. The van der Waals surface area contributed by atoms with Crippen molar-refractivity contribution < 1.29 is 28.5 Å². The lowest BCUT2D eigenvalue weighted by molar-refractivity contribution is -0.155. The highest BCUT2D eigenvalue weighted by Crippen LogP contribution is 2.38. The third kappa shape index (κ3) is 9.19. The van der Waals surface area contributed by atoms with Crippen molar-refractivity contribution in [3.63, 3.8) is 0 Å². The quantitative estimate of drug-likeness (QED) is 0.234. The average Bonchev–Trinajstić information content (AvgIpc) is 2.77. The van der Waals surface area contributed by atoms with E-state index in [1.54, 1.807) is 0 Å². The van der Waals surface area contributed by atoms with Crippen LogP contribution >= 0.6 is 0 Å². The van der Waals surface area contributed by atoms with Crippen molar-refractivity contribution in [2.75, 3.05) is 13.2 Å². The molecule has 2 unspecified atom stereocenters. The fourth-order valence-electron chi connectivity index (χ4n) is 3.92. The second kappa shape index (κ2) is 12.9. The third-order valence-electron chi connectivity index (χ3n) is 5.64. The van der Waals surface area contributed by atoms with Crippen LogP contribution in [-0.4, -0.2) is 37.4 Å². The zero-order valence-electron chi connectivity index (χ0n) is 22.6. The molecular formula is C29H42O6. The van der Waals surface area contributed by atoms with Gasteiger partial charge < -0.3 is 23.7 Å². The second-order valence-electron chi connectivity index (χ2n) is 9.75. The van der Waals surface area contributed by atoms with Gasteiger partial charge in [0, 0.05) is 25.0 Å². The highest BCUT2D eigenvalue weighted by molar-refractivity contribution is 5.70. The Hall–Kier alpha value is -2.57. The lowest BCUT2D eigenvalue weighted by Crippen LogP contribution is -2.28. The molecule has 0 spiro atoms. The van der Waals surface area contributed by atoms with Crippen LogP contribution in [0.3, 0.4) is 0 Å². The molecule has 0 N–H and O–H groups in total. The first-order valence-electron chi connectivity index (χ1n) is 12.5. The molecule has 0 heterocycles. The predicted molar refractivity (Wildman–Crippen MR) is 138 cm³/mol. The summed E-state index contributed by atoms with van der Waals surface area (Å²) in [5.74, 6) is 1.26. The first-order chi connectivity index (χ1) is 16.5. The molecule has 2 aromatic carbocycles. The van der Waals surface area contributed by atoms with Gasteiger partial charge in [0.2, 0.25) is 0 Å². The fourth-order valence-corrected chi connectivity index (χ4v) is 3.92. The number of esters is 1. The van der Waals surface area contributed by atoms with Gasteiger partial charge in [0.1, 0.15) is 17.1 Å². The molecule has 194 valence electrons. The Bertz CT molecular complexity index is 841. The summed E-state index contributed by atoms with van der Waals surface area (Å²) in [6.45, 7) is 16.6. The molecular weight excluding hydrogens is 444 g/mol. The van der Waals surface area contributed by atoms with E-state index in [1.165, 1.54) is 0 Å². The number of ether oxygens (including phenoxy) is 5. The molecule has 0 fully saturated rings. The molecule has 0 radical (unpaired) electrons. The van der Waals surface area contributed by atoms with Crippen LogP contribution < -0.4 is 9.47 Å². The fraction of sp³-hybridized carbons (Fsp3) is 0.552. The monoisotopic (exact) mass is 486 g/mol. The molecule has 6 nitrogen and oxygen atoms in total. The van der Waals surface area contributed by atoms with Gasteiger partial charge >= 0.3 is 5.97 Å². The van der Waals surface area contributed by atoms with Crippen LogP contribution in [0.25, 0.3) is 0 Å². The number of carbonyl (C=O) groups excluding carboxylic acids is 1. The van der Waals surface area contributed by atoms with E-state index >= 15 is 0 Å². The Balaban J connectivity index is 2.29. The van der Waals surface area contributed by atoms with E-state index in [0.29, 0.717) is 26.1 Å². The lowest BCUT2D eigenvalue weighted by atomic mass is 9.73. The number of hydrogen-bond donors (Lipinski definition) is 0. The van der Waals surface area contributed by atoms with E-state index in [2.05, 4.69) is 6.92 Å². The van der Waals surface area contributed by atoms with Crippen LogP contribution in [0.2, 0.25) is 0 Å². The van der Waals surface area contributed by atoms with Crippen LogP contribution in [-0.2, 0) is 24.4 Å². The zero-order valence-corrected chi connectivity index (χ0v) is 22.6. The first-order valence-corrected chi connectivity index (χ1v) is 12.5. The molecule has 0 aliphatic rings. The van der Waals surface area contributed by atoms with Crippen molar-refractivity contribution in [3.8, 4) is 11.5 Å². The van der Waals surface area contributed by atoms with Crippen LogP contribution in [0.5, 0.6) is 11.5 Å². The highest BCUT2D eigenvalue weighted by atomic mass is 16.7. The second-order valence-corrected chi connectivity index (χ2v) is 9.75. The van der Waals surface area contributed by atoms with Crippen LogP contribution in [0.1, 0.15) is 79.4 Å². The maximum absolute atomic E-state index is 12.6. The van der Waals surface area contributed by atoms with Crippen molar-refractivity contribution >= 4 is 5.97 Å². The molecule has 0 saturated heterocycles. The van der Waals surface area contributed by atoms with E-state index in [9.17, 15) is 4.79 Å². The summed E-state index contributed by atoms with van der Waals surface area (Å²) >= 11 is 0. The van der Waals surface area contributed by atoms with Crippen LogP contribution in [0.15, 0.2) is 48.5 Å². The number of benzene rings is 2. The van der Waals surface area contributed by atoms with E-state index in [1.807, 2.05) is 97.0 Å². The molecule has 0 bridgehead atoms. The third-order valence-corrected chi connectivity index (χ3v) is 5.64. The molecule has 2 rings (SSSR count). The van der Waals surface area contributed by atoms with Crippen molar-refractivity contribution in [1.82, 2.24) is 0 Å². The molecule has 2 aromatic rings. The van der Waals surface area contributed by atoms with Gasteiger partial charge in [-0.05, 0) is 90.3 Å². The molecule has 6 heteroatoms. The summed E-state index contributed by atoms with van der Waals surface area (Å²) in [6.07, 6.45) is 0.243. The van der Waals surface area contributed by atoms with Gasteiger partial charge in [-0.15, -0.1) is 0 Å². The van der Waals surface area contributed by atoms with Crippen LogP contribution in [0.4, 0.5) is 0 Å². The minimum Gasteiger partial charge on any atom is -0.465 e. The van der Waals surface area contributed by atoms with Crippen molar-refractivity contribution in [1.29, 1.82) is 0 Å². The lowest BCUT2D eigenvalue weighted by Gasteiger charge is -2.32. The molecule has 0 aliphatic carbocycles. The van der Waals surface area contributed by atoms with Crippen LogP contribution in [0, 0.1) is 0 Å². The van der Waals surface area contributed by atoms with Gasteiger partial charge in [0.25, 0.3) is 0 Å². The number of carbonyl (C=O) groups is 1. The Labute approximate surface area is 210 Å². The topological polar surface area (TPSA) is 63.2 Å². The van der Waals surface area contributed by atoms with Gasteiger partial charge in [-0.1, -0.05) is 31.2 Å². The van der Waals surface area contributed by atoms with Crippen molar-refractivity contribution in [2.24, 2.45) is 0 Å². The normalized spacial score (nSPS) is 15.1. The molecule has 0 saturated carbocycles. The number of rotatable bonds is 13. The Morgan fingerprint density at radius 1 is 0.743 bits per heavy atom. The van der Waals surface area contributed by atoms with E-state index in [0.717, 1.165) is 22.6 Å². The molecule has 0 aliphatic heterocycles. The zero-order chi connectivity index (χ0) is 26.1. The maximum Gasteiger partial charge on any atom is 0.306 e. The smallest absolute Gasteiger partial charge is 0.306 e. The summed E-state index contributed by atoms with van der Waals surface area (Å²) in [5.41, 5.74) is 1.22. The molecule has 0 amide bonds. The Morgan fingerprint density at radius 2 is 1.14 bits per heavy atom. The summed E-state index contributed by atoms with van der Waals surface area (Å²) in [6, 6.07) is 16.0. The van der Waals surface area contributed by atoms with Gasteiger partial charge in [-0.2, -0.15) is 0 Å². The van der Waals surface area contributed by atoms with Crippen molar-refractivity contribution in [2.45, 2.75) is 91.8 Å². The van der Waals surface area contributed by atoms with Gasteiger partial charge in [-0.25, -0.2) is 0 Å². The molecule has 35 heavy (non-hydrogen) atoms. The van der Waals surface area contributed by atoms with Gasteiger partial charge in [0.15, 0.2) is 12.6 Å². The van der Waals surface area contributed by atoms with E-state index < -0.39 is 11.0 Å². The largest absolute Gasteiger partial charge is 0.465 e. The first kappa shape index (κ1) is 28.7. The summed E-state index contributed by atoms with van der Waals surface area (Å²) in [7, 11) is 0. The standard InChI is InChI=1S/C29H42O6/c1-9-31-21(3)33-25-15-11-23(12-16-25)29(8,20-19-27(30)35-28(5,6)7)24-13-17-26(18-14-24)34-22(4)32-10-2/h11-18,21-22H,9-10,19-20H2,1-8H3. The minimum absolute atomic E-state index is 0.209. The molecule has 2 atom stereocenters. The predicted octanol–water partition coefficient (Wildman–Crippen LogP) is 6.64. The summed E-state index contributed by atoms with van der Waals surface area (Å²) in [5, 5.41) is 0. The Morgan fingerprint density at radius 3 is 1.49 bits per heavy atom. The highest BCUT2D eigenvalue weighted by Gasteiger charge is 2.31. The average molecular weight is 487 g/mol. The molecule has 0 aromatic heterocycles. The Kier molecular flexibility index (Phi) is 10.6. The van der Waals surface area contributed by atoms with E-state index in [4.69, 9.17) is 23.7 Å². The minimum atomic E-state index is -0.514. The van der Waals surface area contributed by atoms with E-state index in [-0.39, 0.29) is 18.5 Å². The summed E-state index contributed by atoms with van der Waals surface area (Å²) in [4.78, 5) is 12.6.